The molecule has 0 spiro atoms. The summed E-state index contributed by atoms with van der Waals surface area (Å²) in [5.41, 5.74) is 1.18. The molecule has 1 aliphatic heterocycles. The molecule has 0 amide bonds. The van der Waals surface area contributed by atoms with Gasteiger partial charge >= 0.3 is 0 Å². The van der Waals surface area contributed by atoms with Gasteiger partial charge in [-0.3, -0.25) is 0 Å². The molecular formula is C14H20O3. The molecule has 0 aliphatic carbocycles. The molecule has 3 nitrogen and oxygen atoms in total. The van der Waals surface area contributed by atoms with Gasteiger partial charge in [0.1, 0.15) is 6.10 Å². The van der Waals surface area contributed by atoms with Crippen molar-refractivity contribution in [3.63, 3.8) is 0 Å². The van der Waals surface area contributed by atoms with Gasteiger partial charge in [-0.1, -0.05) is 30.3 Å². The van der Waals surface area contributed by atoms with Gasteiger partial charge in [-0.25, -0.2) is 0 Å². The second-order valence-corrected chi connectivity index (χ2v) is 4.87. The van der Waals surface area contributed by atoms with Crippen LogP contribution in [0.15, 0.2) is 30.3 Å². The molecule has 1 aliphatic rings. The van der Waals surface area contributed by atoms with Gasteiger partial charge in [0, 0.05) is 0 Å². The largest absolute Gasteiger partial charge is 0.371 e. The molecule has 0 radical (unpaired) electrons. The average molecular weight is 236 g/mol. The second-order valence-electron chi connectivity index (χ2n) is 4.87. The van der Waals surface area contributed by atoms with E-state index in [2.05, 4.69) is 12.1 Å². The predicted octanol–water partition coefficient (Wildman–Crippen LogP) is 2.74. The summed E-state index contributed by atoms with van der Waals surface area (Å²) in [7, 11) is 0. The fourth-order valence-electron chi connectivity index (χ4n) is 1.86. The first kappa shape index (κ1) is 12.6. The van der Waals surface area contributed by atoms with Crippen LogP contribution in [-0.4, -0.2) is 24.6 Å². The summed E-state index contributed by atoms with van der Waals surface area (Å²) in [6, 6.07) is 10.2. The quantitative estimate of drug-likeness (QED) is 0.804. The maximum Gasteiger partial charge on any atom is 0.163 e. The van der Waals surface area contributed by atoms with Crippen LogP contribution in [0, 0.1) is 0 Å². The van der Waals surface area contributed by atoms with E-state index >= 15 is 0 Å². The summed E-state index contributed by atoms with van der Waals surface area (Å²) >= 11 is 0. The standard InChI is InChI=1S/C14H20O3/c1-11(13-10-16-14(2,3)17-13)15-9-12-7-5-4-6-8-12/h4-8,11,13H,9-10H2,1-3H3/t11-,13-/m1/s1. The highest BCUT2D eigenvalue weighted by Crippen LogP contribution is 2.25. The lowest BCUT2D eigenvalue weighted by atomic mass is 10.2. The Labute approximate surface area is 103 Å². The summed E-state index contributed by atoms with van der Waals surface area (Å²) in [6.45, 7) is 7.09. The Kier molecular flexibility index (Phi) is 3.82. The van der Waals surface area contributed by atoms with Crippen LogP contribution in [0.3, 0.4) is 0 Å². The van der Waals surface area contributed by atoms with E-state index in [1.807, 2.05) is 39.0 Å². The molecule has 1 aromatic carbocycles. The van der Waals surface area contributed by atoms with Crippen molar-refractivity contribution in [2.45, 2.75) is 45.4 Å². The van der Waals surface area contributed by atoms with E-state index in [1.165, 1.54) is 5.56 Å². The molecule has 2 atom stereocenters. The van der Waals surface area contributed by atoms with Crippen LogP contribution in [0.25, 0.3) is 0 Å². The Morgan fingerprint density at radius 3 is 2.65 bits per heavy atom. The Bertz CT molecular complexity index is 348. The minimum absolute atomic E-state index is 0.0220. The van der Waals surface area contributed by atoms with Gasteiger partial charge in [-0.2, -0.15) is 0 Å². The highest BCUT2D eigenvalue weighted by atomic mass is 16.7. The molecule has 0 aromatic heterocycles. The van der Waals surface area contributed by atoms with E-state index in [1.54, 1.807) is 0 Å². The van der Waals surface area contributed by atoms with Gasteiger partial charge in [-0.15, -0.1) is 0 Å². The number of rotatable bonds is 4. The van der Waals surface area contributed by atoms with Crippen LogP contribution in [0.5, 0.6) is 0 Å². The second kappa shape index (κ2) is 5.17. The highest BCUT2D eigenvalue weighted by Gasteiger charge is 2.36. The Hall–Kier alpha value is -0.900. The third-order valence-electron chi connectivity index (χ3n) is 2.91. The van der Waals surface area contributed by atoms with Crippen LogP contribution in [0.1, 0.15) is 26.3 Å². The molecule has 2 rings (SSSR count). The first-order chi connectivity index (χ1) is 8.07. The lowest BCUT2D eigenvalue weighted by Gasteiger charge is -2.21. The summed E-state index contributed by atoms with van der Waals surface area (Å²) in [5, 5.41) is 0. The van der Waals surface area contributed by atoms with E-state index in [0.29, 0.717) is 13.2 Å². The fourth-order valence-corrected chi connectivity index (χ4v) is 1.86. The van der Waals surface area contributed by atoms with E-state index in [4.69, 9.17) is 14.2 Å². The summed E-state index contributed by atoms with van der Waals surface area (Å²) in [4.78, 5) is 0. The molecule has 0 saturated carbocycles. The molecular weight excluding hydrogens is 216 g/mol. The summed E-state index contributed by atoms with van der Waals surface area (Å²) in [6.07, 6.45) is 0.0608. The lowest BCUT2D eigenvalue weighted by molar-refractivity contribution is -0.155. The van der Waals surface area contributed by atoms with E-state index in [-0.39, 0.29) is 12.2 Å². The van der Waals surface area contributed by atoms with Gasteiger partial charge in [-0.05, 0) is 26.3 Å². The Morgan fingerprint density at radius 1 is 1.35 bits per heavy atom. The molecule has 17 heavy (non-hydrogen) atoms. The van der Waals surface area contributed by atoms with Gasteiger partial charge in [0.15, 0.2) is 5.79 Å². The van der Waals surface area contributed by atoms with E-state index in [0.717, 1.165) is 0 Å². The minimum atomic E-state index is -0.477. The topological polar surface area (TPSA) is 27.7 Å². The van der Waals surface area contributed by atoms with Crippen molar-refractivity contribution in [3.8, 4) is 0 Å². The molecule has 3 heteroatoms. The van der Waals surface area contributed by atoms with Crippen LogP contribution in [0.2, 0.25) is 0 Å². The SMILES string of the molecule is C[C@@H](OCc1ccccc1)[C@H]1COC(C)(C)O1. The van der Waals surface area contributed by atoms with Crippen molar-refractivity contribution in [1.82, 2.24) is 0 Å². The zero-order valence-corrected chi connectivity index (χ0v) is 10.7. The van der Waals surface area contributed by atoms with Crippen molar-refractivity contribution in [2.24, 2.45) is 0 Å². The molecule has 1 heterocycles. The van der Waals surface area contributed by atoms with Crippen molar-refractivity contribution in [3.05, 3.63) is 35.9 Å². The van der Waals surface area contributed by atoms with E-state index < -0.39 is 5.79 Å². The monoisotopic (exact) mass is 236 g/mol. The molecule has 0 unspecified atom stereocenters. The van der Waals surface area contributed by atoms with Crippen molar-refractivity contribution in [1.29, 1.82) is 0 Å². The zero-order chi connectivity index (χ0) is 12.3. The summed E-state index contributed by atoms with van der Waals surface area (Å²) in [5.74, 6) is -0.477. The third-order valence-corrected chi connectivity index (χ3v) is 2.91. The third kappa shape index (κ3) is 3.53. The van der Waals surface area contributed by atoms with Crippen LogP contribution < -0.4 is 0 Å². The molecule has 1 aromatic rings. The van der Waals surface area contributed by atoms with E-state index in [9.17, 15) is 0 Å². The smallest absolute Gasteiger partial charge is 0.163 e. The molecule has 0 bridgehead atoms. The Morgan fingerprint density at radius 2 is 2.06 bits per heavy atom. The minimum Gasteiger partial charge on any atom is -0.371 e. The highest BCUT2D eigenvalue weighted by molar-refractivity contribution is 5.13. The zero-order valence-electron chi connectivity index (χ0n) is 10.7. The number of benzene rings is 1. The van der Waals surface area contributed by atoms with Crippen LogP contribution in [0.4, 0.5) is 0 Å². The van der Waals surface area contributed by atoms with Crippen LogP contribution in [-0.2, 0) is 20.8 Å². The summed E-state index contributed by atoms with van der Waals surface area (Å²) < 4.78 is 17.1. The fraction of sp³-hybridized carbons (Fsp3) is 0.571. The first-order valence-corrected chi connectivity index (χ1v) is 6.04. The first-order valence-electron chi connectivity index (χ1n) is 6.04. The van der Waals surface area contributed by atoms with Gasteiger partial charge in [0.25, 0.3) is 0 Å². The van der Waals surface area contributed by atoms with Crippen molar-refractivity contribution < 1.29 is 14.2 Å². The molecule has 0 N–H and O–H groups in total. The number of ether oxygens (including phenoxy) is 3. The Balaban J connectivity index is 1.80. The van der Waals surface area contributed by atoms with Gasteiger partial charge < -0.3 is 14.2 Å². The maximum absolute atomic E-state index is 5.80. The van der Waals surface area contributed by atoms with Crippen LogP contribution >= 0.6 is 0 Å². The van der Waals surface area contributed by atoms with Gasteiger partial charge in [0.2, 0.25) is 0 Å². The predicted molar refractivity (Wildman–Crippen MR) is 65.6 cm³/mol. The molecule has 1 saturated heterocycles. The normalized spacial score (nSPS) is 24.8. The molecule has 1 fully saturated rings. The van der Waals surface area contributed by atoms with Gasteiger partial charge in [0.05, 0.1) is 19.3 Å². The molecule has 94 valence electrons. The van der Waals surface area contributed by atoms with Crippen molar-refractivity contribution >= 4 is 0 Å². The average Bonchev–Trinajstić information content (AvgIpc) is 2.68. The van der Waals surface area contributed by atoms with Crippen molar-refractivity contribution in [2.75, 3.05) is 6.61 Å². The number of hydrogen-bond acceptors (Lipinski definition) is 3. The number of hydrogen-bond donors (Lipinski definition) is 0. The lowest BCUT2D eigenvalue weighted by Crippen LogP contribution is -2.30. The maximum atomic E-state index is 5.80.